The van der Waals surface area contributed by atoms with Crippen molar-refractivity contribution >= 4 is 20.4 Å². The van der Waals surface area contributed by atoms with Crippen LogP contribution in [0.1, 0.15) is 0 Å². The summed E-state index contributed by atoms with van der Waals surface area (Å²) in [5, 5.41) is 9.99. The van der Waals surface area contributed by atoms with Crippen molar-refractivity contribution in [2.24, 2.45) is 0 Å². The summed E-state index contributed by atoms with van der Waals surface area (Å²) in [5.74, 6) is 0. The van der Waals surface area contributed by atoms with Gasteiger partial charge < -0.3 is 0 Å². The molecule has 3 nitrogen and oxygen atoms in total. The molecule has 1 aromatic carbocycles. The second-order valence-electron chi connectivity index (χ2n) is 1.58. The first kappa shape index (κ1) is 12.0. The summed E-state index contributed by atoms with van der Waals surface area (Å²) in [6.45, 7) is 0. The number of nitro groups is 1. The van der Waals surface area contributed by atoms with Crippen molar-refractivity contribution in [1.82, 2.24) is 0 Å². The van der Waals surface area contributed by atoms with E-state index in [0.717, 1.165) is 12.2 Å². The Hall–Kier alpha value is -0.0265. The maximum absolute atomic E-state index is 9.99. The third kappa shape index (κ3) is 5.60. The summed E-state index contributed by atoms with van der Waals surface area (Å²) >= 11 is 1.01. The molecule has 12 heavy (non-hydrogen) atoms. The van der Waals surface area contributed by atoms with Gasteiger partial charge in [0.15, 0.2) is 0 Å². The Balaban J connectivity index is 0.000000354. The summed E-state index contributed by atoms with van der Waals surface area (Å²) in [4.78, 5) is 9.56. The molecule has 0 aromatic heterocycles. The molecule has 0 aliphatic rings. The quantitative estimate of drug-likeness (QED) is 0.329. The minimum absolute atomic E-state index is 0.105. The van der Waals surface area contributed by atoms with Gasteiger partial charge in [0.1, 0.15) is 0 Å². The van der Waals surface area contributed by atoms with E-state index in [9.17, 15) is 10.1 Å². The van der Waals surface area contributed by atoms with Crippen molar-refractivity contribution < 1.29 is 17.1 Å². The van der Waals surface area contributed by atoms with Gasteiger partial charge in [0.2, 0.25) is 0 Å². The van der Waals surface area contributed by atoms with Gasteiger partial charge in [-0.2, -0.15) is 0 Å². The van der Waals surface area contributed by atoms with Crippen molar-refractivity contribution in [2.75, 3.05) is 0 Å². The summed E-state index contributed by atoms with van der Waals surface area (Å²) in [6, 6.07) is 8.51. The zero-order valence-electron chi connectivity index (χ0n) is 5.78. The van der Waals surface area contributed by atoms with Gasteiger partial charge in [0, 0.05) is 12.1 Å². The van der Waals surface area contributed by atoms with E-state index < -0.39 is 4.92 Å². The Morgan fingerprint density at radius 2 is 1.83 bits per heavy atom. The molecule has 0 amide bonds. The number of non-ortho nitro benzene ring substituents is 1. The third-order valence-electron chi connectivity index (χ3n) is 0.911. The van der Waals surface area contributed by atoms with Gasteiger partial charge in [-0.15, -0.1) is 0 Å². The van der Waals surface area contributed by atoms with Crippen molar-refractivity contribution in [3.8, 4) is 0 Å². The van der Waals surface area contributed by atoms with Crippen molar-refractivity contribution in [3.05, 3.63) is 40.4 Å². The normalized spacial score (nSPS) is 7.83. The summed E-state index contributed by atoms with van der Waals surface area (Å²) < 4.78 is 0. The summed E-state index contributed by atoms with van der Waals surface area (Å²) in [7, 11) is 7.18. The monoisotopic (exact) mass is 242 g/mol. The molecule has 0 heterocycles. The van der Waals surface area contributed by atoms with Crippen LogP contribution in [0.5, 0.6) is 0 Å². The molecule has 0 N–H and O–H groups in total. The molecule has 0 bridgehead atoms. The standard InChI is InChI=1S/C6H4NO2.Ni.2P/c8-7(9)6-4-2-1-3-5-6;;;/h2-5H;;;. The number of nitro benzene ring substituents is 1. The second-order valence-corrected chi connectivity index (χ2v) is 3.86. The zero-order valence-corrected chi connectivity index (χ0v) is 8.56. The topological polar surface area (TPSA) is 43.1 Å². The van der Waals surface area contributed by atoms with Crippen LogP contribution >= 0.6 is 14.7 Å². The van der Waals surface area contributed by atoms with E-state index in [0.29, 0.717) is 0 Å². The molecule has 0 spiro atoms. The molecule has 6 heteroatoms. The molecule has 1 rings (SSSR count). The number of nitrogens with zero attached hydrogens (tertiary/aromatic N) is 1. The van der Waals surface area contributed by atoms with E-state index in [1.807, 2.05) is 0 Å². The van der Waals surface area contributed by atoms with Gasteiger partial charge in [0.25, 0.3) is 5.69 Å². The van der Waals surface area contributed by atoms with E-state index >= 15 is 0 Å². The number of hydrogen-bond acceptors (Lipinski definition) is 2. The average molecular weight is 243 g/mol. The van der Waals surface area contributed by atoms with E-state index in [1.165, 1.54) is 24.3 Å². The van der Waals surface area contributed by atoms with Crippen LogP contribution in [-0.4, -0.2) is 4.92 Å². The molecule has 0 fully saturated rings. The third-order valence-corrected chi connectivity index (χ3v) is 0.911. The summed E-state index contributed by atoms with van der Waals surface area (Å²) in [6.07, 6.45) is 0. The van der Waals surface area contributed by atoms with Crippen molar-refractivity contribution in [1.29, 1.82) is 0 Å². The SMILES string of the molecule is O=[N+]([O-])c1cc[c]cc1.[P]#[Ni]#[P]. The fourth-order valence-electron chi connectivity index (χ4n) is 0.500. The van der Waals surface area contributed by atoms with Crippen molar-refractivity contribution in [2.45, 2.75) is 0 Å². The van der Waals surface area contributed by atoms with Gasteiger partial charge in [-0.25, -0.2) is 0 Å². The van der Waals surface area contributed by atoms with Crippen LogP contribution in [0.25, 0.3) is 0 Å². The molecule has 65 valence electrons. The molecule has 0 aliphatic heterocycles. The number of rotatable bonds is 1. The van der Waals surface area contributed by atoms with Crippen LogP contribution in [-0.2, 0) is 12.2 Å². The molecule has 0 aliphatic carbocycles. The predicted octanol–water partition coefficient (Wildman–Crippen LogP) is 3.11. The van der Waals surface area contributed by atoms with Crippen LogP contribution in [0.15, 0.2) is 24.3 Å². The Morgan fingerprint density at radius 3 is 2.08 bits per heavy atom. The number of hydrogen-bond donors (Lipinski definition) is 0. The second kappa shape index (κ2) is 7.61. The van der Waals surface area contributed by atoms with Crippen LogP contribution in [0.2, 0.25) is 0 Å². The van der Waals surface area contributed by atoms with Gasteiger partial charge in [-0.1, -0.05) is 0 Å². The summed E-state index contributed by atoms with van der Waals surface area (Å²) in [5.41, 5.74) is 0.105. The van der Waals surface area contributed by atoms with Gasteiger partial charge in [-0.3, -0.25) is 10.1 Å². The molecular weight excluding hydrogens is 239 g/mol. The first-order valence-corrected chi connectivity index (χ1v) is 5.91. The van der Waals surface area contributed by atoms with Gasteiger partial charge >= 0.3 is 26.9 Å². The molecule has 1 aromatic rings. The Morgan fingerprint density at radius 1 is 1.42 bits per heavy atom. The Kier molecular flexibility index (Phi) is 7.60. The van der Waals surface area contributed by atoms with Crippen LogP contribution in [0.4, 0.5) is 5.69 Å². The van der Waals surface area contributed by atoms with Gasteiger partial charge in [0.05, 0.1) is 4.92 Å². The van der Waals surface area contributed by atoms with Crippen molar-refractivity contribution in [3.63, 3.8) is 0 Å². The maximum atomic E-state index is 9.99. The molecular formula is C6H4NNiO2P2. The van der Waals surface area contributed by atoms with E-state index in [4.69, 9.17) is 0 Å². The van der Waals surface area contributed by atoms with E-state index in [1.54, 1.807) is 0 Å². The van der Waals surface area contributed by atoms with Crippen LogP contribution < -0.4 is 0 Å². The Bertz CT molecular complexity index is 369. The molecule has 0 unspecified atom stereocenters. The molecule has 0 saturated carbocycles. The Labute approximate surface area is 78.3 Å². The first-order valence-electron chi connectivity index (χ1n) is 2.69. The fraction of sp³-hybridized carbons (Fsp3) is 0. The van der Waals surface area contributed by atoms with Crippen LogP contribution in [0.3, 0.4) is 0 Å². The predicted molar refractivity (Wildman–Crippen MR) is 45.8 cm³/mol. The first-order chi connectivity index (χ1) is 5.72. The average Bonchev–Trinajstić information content (AvgIpc) is 2.07. The fourth-order valence-corrected chi connectivity index (χ4v) is 0.500. The molecule has 0 saturated heterocycles. The zero-order chi connectivity index (χ0) is 9.40. The molecule has 0 atom stereocenters. The van der Waals surface area contributed by atoms with E-state index in [-0.39, 0.29) is 5.69 Å². The number of benzene rings is 1. The van der Waals surface area contributed by atoms with E-state index in [2.05, 4.69) is 20.8 Å². The van der Waals surface area contributed by atoms with Gasteiger partial charge in [-0.05, 0) is 18.2 Å². The van der Waals surface area contributed by atoms with Crippen LogP contribution in [0, 0.1) is 16.2 Å². The minimum atomic E-state index is -0.437. The molecule has 1 radical (unpaired) electrons.